The van der Waals surface area contributed by atoms with E-state index in [0.29, 0.717) is 5.95 Å². The highest BCUT2D eigenvalue weighted by atomic mass is 15.3. The van der Waals surface area contributed by atoms with Crippen molar-refractivity contribution < 1.29 is 0 Å². The van der Waals surface area contributed by atoms with Gasteiger partial charge < -0.3 is 20.4 Å². The predicted molar refractivity (Wildman–Crippen MR) is 103 cm³/mol. The van der Waals surface area contributed by atoms with Crippen LogP contribution in [-0.2, 0) is 0 Å². The summed E-state index contributed by atoms with van der Waals surface area (Å²) >= 11 is 0. The fourth-order valence-corrected chi connectivity index (χ4v) is 2.89. The van der Waals surface area contributed by atoms with Gasteiger partial charge in [-0.05, 0) is 57.6 Å². The quantitative estimate of drug-likeness (QED) is 0.802. The number of anilines is 4. The van der Waals surface area contributed by atoms with Crippen LogP contribution in [0.1, 0.15) is 19.3 Å². The number of hydrogen-bond acceptors (Lipinski definition) is 7. The lowest BCUT2D eigenvalue weighted by Gasteiger charge is -2.28. The van der Waals surface area contributed by atoms with Gasteiger partial charge in [0.25, 0.3) is 0 Å². The molecule has 0 bridgehead atoms. The molecule has 1 aromatic heterocycles. The van der Waals surface area contributed by atoms with Crippen LogP contribution in [-0.4, -0.2) is 60.4 Å². The van der Waals surface area contributed by atoms with Crippen LogP contribution in [0.3, 0.4) is 0 Å². The minimum absolute atomic E-state index is 0.501. The molecule has 7 nitrogen and oxygen atoms in total. The van der Waals surface area contributed by atoms with Gasteiger partial charge in [0.15, 0.2) is 5.82 Å². The lowest BCUT2D eigenvalue weighted by molar-refractivity contribution is 0.425. The van der Waals surface area contributed by atoms with Gasteiger partial charge in [-0.15, -0.1) is 5.10 Å². The highest BCUT2D eigenvalue weighted by molar-refractivity contribution is 5.59. The lowest BCUT2D eigenvalue weighted by atomic mass is 10.1. The van der Waals surface area contributed by atoms with E-state index in [1.54, 1.807) is 6.20 Å². The zero-order valence-electron chi connectivity index (χ0n) is 15.1. The highest BCUT2D eigenvalue weighted by Gasteiger charge is 2.10. The SMILES string of the molecule is CN(C)CCNc1cnnc(Nc2ccc(N3CCCCC3)cc2)n1. The number of benzene rings is 1. The molecule has 0 spiro atoms. The molecule has 2 heterocycles. The molecule has 134 valence electrons. The van der Waals surface area contributed by atoms with Crippen LogP contribution in [0.4, 0.5) is 23.1 Å². The molecule has 2 N–H and O–H groups in total. The van der Waals surface area contributed by atoms with Gasteiger partial charge in [0.1, 0.15) is 0 Å². The van der Waals surface area contributed by atoms with Crippen molar-refractivity contribution in [2.24, 2.45) is 0 Å². The first-order valence-electron chi connectivity index (χ1n) is 8.91. The predicted octanol–water partition coefficient (Wildman–Crippen LogP) is 2.58. The third-order valence-corrected chi connectivity index (χ3v) is 4.27. The maximum atomic E-state index is 4.45. The third kappa shape index (κ3) is 5.29. The fourth-order valence-electron chi connectivity index (χ4n) is 2.89. The third-order valence-electron chi connectivity index (χ3n) is 4.27. The van der Waals surface area contributed by atoms with Gasteiger partial charge in [-0.1, -0.05) is 0 Å². The van der Waals surface area contributed by atoms with Crippen molar-refractivity contribution in [2.75, 3.05) is 55.8 Å². The fraction of sp³-hybridized carbons (Fsp3) is 0.500. The minimum Gasteiger partial charge on any atom is -0.372 e. The highest BCUT2D eigenvalue weighted by Crippen LogP contribution is 2.22. The van der Waals surface area contributed by atoms with E-state index >= 15 is 0 Å². The van der Waals surface area contributed by atoms with Gasteiger partial charge in [-0.2, -0.15) is 10.1 Å². The summed E-state index contributed by atoms with van der Waals surface area (Å²) < 4.78 is 0. The first-order valence-corrected chi connectivity index (χ1v) is 8.91. The molecular formula is C18H27N7. The van der Waals surface area contributed by atoms with E-state index in [1.165, 1.54) is 24.9 Å². The van der Waals surface area contributed by atoms with Crippen LogP contribution in [0.15, 0.2) is 30.5 Å². The lowest BCUT2D eigenvalue weighted by Crippen LogP contribution is -2.29. The Morgan fingerprint density at radius 1 is 1.08 bits per heavy atom. The van der Waals surface area contributed by atoms with Gasteiger partial charge >= 0.3 is 0 Å². The second-order valence-corrected chi connectivity index (χ2v) is 6.61. The molecule has 0 radical (unpaired) electrons. The second kappa shape index (κ2) is 8.62. The van der Waals surface area contributed by atoms with Gasteiger partial charge in [0.05, 0.1) is 6.20 Å². The van der Waals surface area contributed by atoms with E-state index in [1.807, 2.05) is 14.1 Å². The van der Waals surface area contributed by atoms with E-state index in [2.05, 4.69) is 59.9 Å². The zero-order valence-corrected chi connectivity index (χ0v) is 15.1. The molecule has 0 atom stereocenters. The van der Waals surface area contributed by atoms with Gasteiger partial charge in [0, 0.05) is 37.6 Å². The molecule has 0 saturated carbocycles. The van der Waals surface area contributed by atoms with Crippen LogP contribution in [0.2, 0.25) is 0 Å². The maximum Gasteiger partial charge on any atom is 0.249 e. The molecule has 1 saturated heterocycles. The Labute approximate surface area is 149 Å². The number of nitrogens with one attached hydrogen (secondary N) is 2. The Kier molecular flexibility index (Phi) is 6.00. The maximum absolute atomic E-state index is 4.45. The van der Waals surface area contributed by atoms with E-state index in [-0.39, 0.29) is 0 Å². The van der Waals surface area contributed by atoms with Crippen molar-refractivity contribution in [2.45, 2.75) is 19.3 Å². The molecule has 7 heteroatoms. The summed E-state index contributed by atoms with van der Waals surface area (Å²) in [7, 11) is 4.08. The number of nitrogens with zero attached hydrogens (tertiary/aromatic N) is 5. The molecular weight excluding hydrogens is 314 g/mol. The number of aromatic nitrogens is 3. The van der Waals surface area contributed by atoms with E-state index in [4.69, 9.17) is 0 Å². The topological polar surface area (TPSA) is 69.2 Å². The molecule has 2 aromatic rings. The van der Waals surface area contributed by atoms with Crippen molar-refractivity contribution in [3.63, 3.8) is 0 Å². The molecule has 0 aliphatic carbocycles. The molecule has 1 aliphatic heterocycles. The number of rotatable bonds is 7. The Hall–Kier alpha value is -2.41. The van der Waals surface area contributed by atoms with E-state index in [0.717, 1.165) is 37.7 Å². The number of piperidine rings is 1. The molecule has 0 unspecified atom stereocenters. The summed E-state index contributed by atoms with van der Waals surface area (Å²) in [6.07, 6.45) is 5.56. The largest absolute Gasteiger partial charge is 0.372 e. The summed E-state index contributed by atoms with van der Waals surface area (Å²) in [5, 5.41) is 14.5. The summed E-state index contributed by atoms with van der Waals surface area (Å²) in [5.74, 6) is 1.23. The average molecular weight is 341 g/mol. The van der Waals surface area contributed by atoms with Crippen molar-refractivity contribution in [1.29, 1.82) is 0 Å². The summed E-state index contributed by atoms with van der Waals surface area (Å²) in [6, 6.07) is 8.44. The Morgan fingerprint density at radius 3 is 2.56 bits per heavy atom. The van der Waals surface area contributed by atoms with E-state index in [9.17, 15) is 0 Å². The minimum atomic E-state index is 0.501. The summed E-state index contributed by atoms with van der Waals surface area (Å²) in [5.41, 5.74) is 2.25. The first-order chi connectivity index (χ1) is 12.2. The summed E-state index contributed by atoms with van der Waals surface area (Å²) in [6.45, 7) is 4.06. The second-order valence-electron chi connectivity index (χ2n) is 6.61. The monoisotopic (exact) mass is 341 g/mol. The molecule has 0 amide bonds. The van der Waals surface area contributed by atoms with Crippen molar-refractivity contribution in [3.8, 4) is 0 Å². The molecule has 1 aliphatic rings. The zero-order chi connectivity index (χ0) is 17.5. The van der Waals surface area contributed by atoms with Gasteiger partial charge in [-0.3, -0.25) is 0 Å². The van der Waals surface area contributed by atoms with Crippen molar-refractivity contribution in [1.82, 2.24) is 20.1 Å². The van der Waals surface area contributed by atoms with Gasteiger partial charge in [-0.25, -0.2) is 0 Å². The number of hydrogen-bond donors (Lipinski definition) is 2. The van der Waals surface area contributed by atoms with Crippen LogP contribution >= 0.6 is 0 Å². The molecule has 1 aromatic carbocycles. The first kappa shape index (κ1) is 17.4. The summed E-state index contributed by atoms with van der Waals surface area (Å²) in [4.78, 5) is 9.01. The van der Waals surface area contributed by atoms with Gasteiger partial charge in [0.2, 0.25) is 5.95 Å². The average Bonchev–Trinajstić information content (AvgIpc) is 2.63. The van der Waals surface area contributed by atoms with Crippen LogP contribution < -0.4 is 15.5 Å². The normalized spacial score (nSPS) is 14.6. The number of likely N-dealkylation sites (N-methyl/N-ethyl adjacent to an activating group) is 1. The van der Waals surface area contributed by atoms with Crippen molar-refractivity contribution in [3.05, 3.63) is 30.5 Å². The van der Waals surface area contributed by atoms with Crippen LogP contribution in [0.25, 0.3) is 0 Å². The van der Waals surface area contributed by atoms with E-state index < -0.39 is 0 Å². The standard InChI is InChI=1S/C18H27N7/c1-24(2)13-10-19-17-14-20-23-18(22-17)21-15-6-8-16(9-7-15)25-11-4-3-5-12-25/h6-9,14H,3-5,10-13H2,1-2H3,(H2,19,21,22,23). The van der Waals surface area contributed by atoms with Crippen LogP contribution in [0, 0.1) is 0 Å². The smallest absolute Gasteiger partial charge is 0.249 e. The molecule has 25 heavy (non-hydrogen) atoms. The Morgan fingerprint density at radius 2 is 1.84 bits per heavy atom. The van der Waals surface area contributed by atoms with Crippen molar-refractivity contribution >= 4 is 23.1 Å². The Bertz CT molecular complexity index is 651. The molecule has 1 fully saturated rings. The molecule has 3 rings (SSSR count). The Balaban J connectivity index is 1.58. The van der Waals surface area contributed by atoms with Crippen LogP contribution in [0.5, 0.6) is 0 Å².